The Morgan fingerprint density at radius 3 is 2.38 bits per heavy atom. The third-order valence-electron chi connectivity index (χ3n) is 5.03. The van der Waals surface area contributed by atoms with Gasteiger partial charge in [-0.15, -0.1) is 0 Å². The molecule has 0 radical (unpaired) electrons. The summed E-state index contributed by atoms with van der Waals surface area (Å²) in [4.78, 5) is 17.3. The van der Waals surface area contributed by atoms with E-state index in [9.17, 15) is 18.0 Å². The number of alkyl halides is 3. The minimum Gasteiger partial charge on any atom is -0.497 e. The summed E-state index contributed by atoms with van der Waals surface area (Å²) in [7, 11) is 4.34. The van der Waals surface area contributed by atoms with Crippen LogP contribution < -0.4 is 19.5 Å². The van der Waals surface area contributed by atoms with Crippen LogP contribution in [0, 0.1) is 0 Å². The van der Waals surface area contributed by atoms with Crippen LogP contribution in [0.4, 0.5) is 18.9 Å². The Kier molecular flexibility index (Phi) is 6.01. The summed E-state index contributed by atoms with van der Waals surface area (Å²) in [5.74, 6) is 0.558. The van der Waals surface area contributed by atoms with Crippen LogP contribution in [-0.2, 0) is 6.18 Å². The van der Waals surface area contributed by atoms with Crippen LogP contribution in [0.2, 0.25) is 0 Å². The maximum Gasteiger partial charge on any atom is 0.433 e. The van der Waals surface area contributed by atoms with Gasteiger partial charge in [-0.25, -0.2) is 9.50 Å². The van der Waals surface area contributed by atoms with Crippen LogP contribution in [-0.4, -0.2) is 41.8 Å². The highest BCUT2D eigenvalue weighted by molar-refractivity contribution is 6.09. The van der Waals surface area contributed by atoms with Gasteiger partial charge in [0.25, 0.3) is 5.91 Å². The minimum atomic E-state index is -4.74. The summed E-state index contributed by atoms with van der Waals surface area (Å²) in [6.45, 7) is 0. The molecule has 1 amide bonds. The summed E-state index contributed by atoms with van der Waals surface area (Å²) in [5, 5.41) is 6.41. The van der Waals surface area contributed by atoms with Crippen molar-refractivity contribution in [1.29, 1.82) is 0 Å². The molecule has 0 aliphatic carbocycles. The number of rotatable bonds is 6. The zero-order chi connectivity index (χ0) is 24.5. The lowest BCUT2D eigenvalue weighted by Gasteiger charge is -2.13. The largest absolute Gasteiger partial charge is 0.497 e. The van der Waals surface area contributed by atoms with Gasteiger partial charge >= 0.3 is 6.18 Å². The summed E-state index contributed by atoms with van der Waals surface area (Å²) in [6, 6.07) is 12.0. The van der Waals surface area contributed by atoms with Crippen molar-refractivity contribution in [3.8, 4) is 28.5 Å². The van der Waals surface area contributed by atoms with Crippen molar-refractivity contribution < 1.29 is 32.2 Å². The van der Waals surface area contributed by atoms with E-state index in [1.165, 1.54) is 21.3 Å². The van der Waals surface area contributed by atoms with E-state index in [1.807, 2.05) is 0 Å². The lowest BCUT2D eigenvalue weighted by Crippen LogP contribution is -2.16. The molecule has 2 heterocycles. The van der Waals surface area contributed by atoms with Crippen molar-refractivity contribution in [2.75, 3.05) is 26.6 Å². The van der Waals surface area contributed by atoms with E-state index >= 15 is 0 Å². The van der Waals surface area contributed by atoms with Crippen molar-refractivity contribution >= 4 is 17.2 Å². The Morgan fingerprint density at radius 2 is 1.71 bits per heavy atom. The first-order valence-electron chi connectivity index (χ1n) is 9.89. The lowest BCUT2D eigenvalue weighted by atomic mass is 10.1. The number of amides is 1. The number of carbonyl (C=O) groups excluding carboxylic acids is 1. The van der Waals surface area contributed by atoms with E-state index in [0.29, 0.717) is 33.0 Å². The number of ether oxygens (including phenoxy) is 3. The van der Waals surface area contributed by atoms with Gasteiger partial charge in [0.2, 0.25) is 0 Å². The van der Waals surface area contributed by atoms with Crippen molar-refractivity contribution in [2.24, 2.45) is 0 Å². The standard InChI is InChI=1S/C23H19F3N4O4/c1-32-14-6-4-5-13(9-14)18-11-20(23(24,25)26)30-21(28-18)16(12-27-30)22(31)29-17-8-7-15(33-2)10-19(17)34-3/h4-12H,1-3H3,(H,29,31). The predicted molar refractivity (Wildman–Crippen MR) is 117 cm³/mol. The van der Waals surface area contributed by atoms with E-state index in [0.717, 1.165) is 12.3 Å². The molecule has 1 N–H and O–H groups in total. The first kappa shape index (κ1) is 22.9. The fourth-order valence-corrected chi connectivity index (χ4v) is 3.35. The Bertz CT molecular complexity index is 1370. The van der Waals surface area contributed by atoms with E-state index in [4.69, 9.17) is 14.2 Å². The van der Waals surface area contributed by atoms with Gasteiger partial charge in [-0.1, -0.05) is 12.1 Å². The molecule has 0 fully saturated rings. The Hall–Kier alpha value is -4.28. The molecule has 0 bridgehead atoms. The van der Waals surface area contributed by atoms with Crippen LogP contribution in [0.5, 0.6) is 17.2 Å². The van der Waals surface area contributed by atoms with Crippen LogP contribution in [0.1, 0.15) is 16.1 Å². The molecule has 0 aliphatic heterocycles. The molecule has 4 rings (SSSR count). The predicted octanol–water partition coefficient (Wildman–Crippen LogP) is 4.69. The summed E-state index contributed by atoms with van der Waals surface area (Å²) < 4.78 is 57.7. The van der Waals surface area contributed by atoms with Crippen LogP contribution in [0.15, 0.2) is 54.7 Å². The van der Waals surface area contributed by atoms with Crippen LogP contribution in [0.25, 0.3) is 16.9 Å². The van der Waals surface area contributed by atoms with Crippen LogP contribution in [0.3, 0.4) is 0 Å². The van der Waals surface area contributed by atoms with Gasteiger partial charge in [-0.3, -0.25) is 4.79 Å². The second-order valence-corrected chi connectivity index (χ2v) is 7.07. The third-order valence-corrected chi connectivity index (χ3v) is 5.03. The Labute approximate surface area is 191 Å². The Balaban J connectivity index is 1.82. The van der Waals surface area contributed by atoms with E-state index in [-0.39, 0.29) is 16.9 Å². The van der Waals surface area contributed by atoms with E-state index < -0.39 is 17.8 Å². The van der Waals surface area contributed by atoms with Crippen LogP contribution >= 0.6 is 0 Å². The highest BCUT2D eigenvalue weighted by Crippen LogP contribution is 2.34. The van der Waals surface area contributed by atoms with E-state index in [1.54, 1.807) is 42.5 Å². The first-order chi connectivity index (χ1) is 16.2. The molecule has 8 nitrogen and oxygen atoms in total. The number of nitrogens with one attached hydrogen (secondary N) is 1. The number of benzene rings is 2. The van der Waals surface area contributed by atoms with Gasteiger partial charge < -0.3 is 19.5 Å². The van der Waals surface area contributed by atoms with Gasteiger partial charge in [0.15, 0.2) is 11.3 Å². The fraction of sp³-hybridized carbons (Fsp3) is 0.174. The maximum absolute atomic E-state index is 13.8. The summed E-state index contributed by atoms with van der Waals surface area (Å²) >= 11 is 0. The van der Waals surface area contributed by atoms with Gasteiger partial charge in [-0.05, 0) is 30.3 Å². The van der Waals surface area contributed by atoms with Crippen molar-refractivity contribution in [2.45, 2.75) is 6.18 Å². The Morgan fingerprint density at radius 1 is 0.971 bits per heavy atom. The third kappa shape index (κ3) is 4.32. The smallest absolute Gasteiger partial charge is 0.433 e. The van der Waals surface area contributed by atoms with Crippen molar-refractivity contribution in [3.05, 3.63) is 66.0 Å². The average molecular weight is 472 g/mol. The minimum absolute atomic E-state index is 0.00954. The lowest BCUT2D eigenvalue weighted by molar-refractivity contribution is -0.142. The summed E-state index contributed by atoms with van der Waals surface area (Å²) in [5.41, 5.74) is -0.776. The van der Waals surface area contributed by atoms with Gasteiger partial charge in [0, 0.05) is 11.6 Å². The molecule has 4 aromatic rings. The maximum atomic E-state index is 13.8. The number of nitrogens with zero attached hydrogens (tertiary/aromatic N) is 3. The number of halogens is 3. The SMILES string of the molecule is COc1cccc(-c2cc(C(F)(F)F)n3ncc(C(=O)Nc4ccc(OC)cc4OC)c3n2)c1. The molecule has 0 unspecified atom stereocenters. The number of hydrogen-bond donors (Lipinski definition) is 1. The second kappa shape index (κ2) is 8.93. The number of anilines is 1. The van der Waals surface area contributed by atoms with Gasteiger partial charge in [0.1, 0.15) is 22.8 Å². The van der Waals surface area contributed by atoms with Crippen molar-refractivity contribution in [1.82, 2.24) is 14.6 Å². The molecule has 34 heavy (non-hydrogen) atoms. The number of hydrogen-bond acceptors (Lipinski definition) is 6. The molecule has 0 atom stereocenters. The topological polar surface area (TPSA) is 87.0 Å². The zero-order valence-corrected chi connectivity index (χ0v) is 18.3. The molecule has 0 saturated heterocycles. The van der Waals surface area contributed by atoms with Gasteiger partial charge in [-0.2, -0.15) is 18.3 Å². The monoisotopic (exact) mass is 472 g/mol. The average Bonchev–Trinajstić information content (AvgIpc) is 3.27. The highest BCUT2D eigenvalue weighted by atomic mass is 19.4. The number of carbonyl (C=O) groups is 1. The molecule has 0 saturated carbocycles. The molecular formula is C23H19F3N4O4. The fourth-order valence-electron chi connectivity index (χ4n) is 3.35. The highest BCUT2D eigenvalue weighted by Gasteiger charge is 2.36. The number of aromatic nitrogens is 3. The molecule has 11 heteroatoms. The zero-order valence-electron chi connectivity index (χ0n) is 18.3. The number of methoxy groups -OCH3 is 3. The first-order valence-corrected chi connectivity index (χ1v) is 9.89. The quantitative estimate of drug-likeness (QED) is 0.438. The molecule has 176 valence electrons. The molecule has 0 aliphatic rings. The summed E-state index contributed by atoms with van der Waals surface area (Å²) in [6.07, 6.45) is -3.70. The van der Waals surface area contributed by atoms with Gasteiger partial charge in [0.05, 0.1) is 38.9 Å². The molecular weight excluding hydrogens is 453 g/mol. The molecule has 2 aromatic heterocycles. The van der Waals surface area contributed by atoms with E-state index in [2.05, 4.69) is 15.4 Å². The number of fused-ring (bicyclic) bond motifs is 1. The van der Waals surface area contributed by atoms with Crippen molar-refractivity contribution in [3.63, 3.8) is 0 Å². The normalized spacial score (nSPS) is 11.4. The molecule has 0 spiro atoms. The second-order valence-electron chi connectivity index (χ2n) is 7.07. The molecule has 2 aromatic carbocycles.